The van der Waals surface area contributed by atoms with Gasteiger partial charge in [0.1, 0.15) is 12.8 Å². The third kappa shape index (κ3) is 1.74. The second-order valence-electron chi connectivity index (χ2n) is 6.86. The predicted octanol–water partition coefficient (Wildman–Crippen LogP) is 5.76. The highest BCUT2D eigenvalue weighted by molar-refractivity contribution is 6.08. The largest absolute Gasteiger partial charge is 0.461 e. The number of rotatable bonds is 0. The molecule has 0 amide bonds. The molecule has 0 fully saturated rings. The minimum absolute atomic E-state index is 0.581. The van der Waals surface area contributed by atoms with Crippen molar-refractivity contribution in [3.8, 4) is 22.8 Å². The standard InChI is InChI=1S/C23H17N2O/c1-13-12-15-8-7-11-18-20(15)19(14(13)2)22-23(26-18)21(24-3)16-9-5-6-10-17(16)25(22)4/h5-12H,1-2,4H3/q+1. The zero-order valence-electron chi connectivity index (χ0n) is 14.9. The van der Waals surface area contributed by atoms with Gasteiger partial charge in [0, 0.05) is 11.5 Å². The number of hydrogen-bond donors (Lipinski definition) is 0. The molecule has 3 heteroatoms. The van der Waals surface area contributed by atoms with E-state index < -0.39 is 0 Å². The van der Waals surface area contributed by atoms with Gasteiger partial charge in [-0.2, -0.15) is 4.57 Å². The SMILES string of the molecule is [C-]#[N+]c1c2c([n+](C)c3ccccc13)-c1c(C)c(C)cc3cccc(c13)O2. The second kappa shape index (κ2) is 5.06. The van der Waals surface area contributed by atoms with Crippen LogP contribution in [0.2, 0.25) is 0 Å². The van der Waals surface area contributed by atoms with Crippen molar-refractivity contribution in [1.82, 2.24) is 0 Å². The zero-order valence-corrected chi connectivity index (χ0v) is 14.9. The third-order valence-corrected chi connectivity index (χ3v) is 5.49. The molecule has 0 aliphatic carbocycles. The van der Waals surface area contributed by atoms with Crippen molar-refractivity contribution in [1.29, 1.82) is 0 Å². The lowest BCUT2D eigenvalue weighted by molar-refractivity contribution is -0.633. The minimum atomic E-state index is 0.581. The van der Waals surface area contributed by atoms with Crippen LogP contribution < -0.4 is 9.30 Å². The molecule has 4 aromatic rings. The van der Waals surface area contributed by atoms with E-state index in [2.05, 4.69) is 48.5 Å². The van der Waals surface area contributed by atoms with Crippen LogP contribution in [0.1, 0.15) is 11.1 Å². The van der Waals surface area contributed by atoms with Crippen molar-refractivity contribution < 1.29 is 9.30 Å². The van der Waals surface area contributed by atoms with Crippen LogP contribution in [0.3, 0.4) is 0 Å². The number of fused-ring (bicyclic) bond motifs is 3. The number of benzene rings is 3. The van der Waals surface area contributed by atoms with Gasteiger partial charge in [0.25, 0.3) is 0 Å². The summed E-state index contributed by atoms with van der Waals surface area (Å²) in [4.78, 5) is 3.85. The Labute approximate surface area is 151 Å². The van der Waals surface area contributed by atoms with Crippen LogP contribution in [0.15, 0.2) is 48.5 Å². The molecule has 1 aromatic heterocycles. The van der Waals surface area contributed by atoms with Crippen molar-refractivity contribution in [3.63, 3.8) is 0 Å². The Morgan fingerprint density at radius 1 is 1.04 bits per heavy atom. The fourth-order valence-corrected chi connectivity index (χ4v) is 4.12. The van der Waals surface area contributed by atoms with E-state index in [4.69, 9.17) is 11.3 Å². The minimum Gasteiger partial charge on any atom is -0.461 e. The van der Waals surface area contributed by atoms with Crippen LogP contribution >= 0.6 is 0 Å². The van der Waals surface area contributed by atoms with Gasteiger partial charge in [0.05, 0.1) is 17.5 Å². The number of para-hydroxylation sites is 1. The molecule has 5 rings (SSSR count). The molecular formula is C23H17N2O+. The highest BCUT2D eigenvalue weighted by Gasteiger charge is 2.34. The summed E-state index contributed by atoms with van der Waals surface area (Å²) in [6.07, 6.45) is 0. The molecule has 3 aromatic carbocycles. The number of nitrogens with zero attached hydrogens (tertiary/aromatic N) is 2. The maximum Gasteiger partial charge on any atom is 0.249 e. The number of ether oxygens (including phenoxy) is 1. The molecule has 26 heavy (non-hydrogen) atoms. The van der Waals surface area contributed by atoms with Gasteiger partial charge in [0.2, 0.25) is 22.6 Å². The molecule has 124 valence electrons. The normalized spacial score (nSPS) is 11.9. The molecular weight excluding hydrogens is 320 g/mol. The van der Waals surface area contributed by atoms with Gasteiger partial charge in [-0.05, 0) is 36.4 Å². The van der Waals surface area contributed by atoms with Gasteiger partial charge in [-0.3, -0.25) is 0 Å². The number of aryl methyl sites for hydroxylation is 2. The lowest BCUT2D eigenvalue weighted by Gasteiger charge is -2.23. The van der Waals surface area contributed by atoms with Gasteiger partial charge in [0.15, 0.2) is 0 Å². The van der Waals surface area contributed by atoms with Crippen LogP contribution in [0.25, 0.3) is 37.8 Å². The summed E-state index contributed by atoms with van der Waals surface area (Å²) in [6, 6.07) is 16.4. The molecule has 0 saturated heterocycles. The number of pyridine rings is 1. The highest BCUT2D eigenvalue weighted by atomic mass is 16.5. The van der Waals surface area contributed by atoms with E-state index >= 15 is 0 Å². The molecule has 0 atom stereocenters. The monoisotopic (exact) mass is 337 g/mol. The Kier molecular flexibility index (Phi) is 2.90. The number of aromatic nitrogens is 1. The summed E-state index contributed by atoms with van der Waals surface area (Å²) in [5, 5.41) is 3.22. The second-order valence-corrected chi connectivity index (χ2v) is 6.86. The van der Waals surface area contributed by atoms with Crippen molar-refractivity contribution in [2.75, 3.05) is 0 Å². The topological polar surface area (TPSA) is 17.5 Å². The van der Waals surface area contributed by atoms with Crippen LogP contribution in [-0.2, 0) is 7.05 Å². The van der Waals surface area contributed by atoms with E-state index in [9.17, 15) is 0 Å². The third-order valence-electron chi connectivity index (χ3n) is 5.49. The average Bonchev–Trinajstić information content (AvgIpc) is 2.66. The van der Waals surface area contributed by atoms with E-state index in [0.29, 0.717) is 11.4 Å². The fraction of sp³-hybridized carbons (Fsp3) is 0.130. The lowest BCUT2D eigenvalue weighted by atomic mass is 9.90. The van der Waals surface area contributed by atoms with E-state index in [0.717, 1.165) is 27.7 Å². The first-order valence-corrected chi connectivity index (χ1v) is 8.65. The van der Waals surface area contributed by atoms with E-state index in [-0.39, 0.29) is 0 Å². The zero-order chi connectivity index (χ0) is 18.0. The fourth-order valence-electron chi connectivity index (χ4n) is 4.12. The molecule has 2 heterocycles. The molecule has 0 unspecified atom stereocenters. The Hall–Kier alpha value is -3.38. The predicted molar refractivity (Wildman–Crippen MR) is 104 cm³/mol. The molecule has 1 aliphatic heterocycles. The van der Waals surface area contributed by atoms with Crippen molar-refractivity contribution >= 4 is 27.4 Å². The summed E-state index contributed by atoms with van der Waals surface area (Å²) in [5.41, 5.74) is 6.26. The Morgan fingerprint density at radius 2 is 1.85 bits per heavy atom. The van der Waals surface area contributed by atoms with Gasteiger partial charge < -0.3 is 4.74 Å². The molecule has 3 nitrogen and oxygen atoms in total. The van der Waals surface area contributed by atoms with Crippen molar-refractivity contribution in [2.24, 2.45) is 7.05 Å². The van der Waals surface area contributed by atoms with Crippen LogP contribution in [0.4, 0.5) is 5.69 Å². The summed E-state index contributed by atoms with van der Waals surface area (Å²) in [7, 11) is 2.06. The highest BCUT2D eigenvalue weighted by Crippen LogP contribution is 2.52. The Balaban J connectivity index is 2.09. The van der Waals surface area contributed by atoms with Crippen LogP contribution in [-0.4, -0.2) is 0 Å². The van der Waals surface area contributed by atoms with Crippen molar-refractivity contribution in [2.45, 2.75) is 13.8 Å². The molecule has 0 N–H and O–H groups in total. The van der Waals surface area contributed by atoms with Gasteiger partial charge in [-0.25, -0.2) is 4.85 Å². The van der Waals surface area contributed by atoms with Gasteiger partial charge in [-0.15, -0.1) is 0 Å². The maximum atomic E-state index is 7.80. The van der Waals surface area contributed by atoms with Gasteiger partial charge >= 0.3 is 0 Å². The maximum absolute atomic E-state index is 7.80. The Morgan fingerprint density at radius 3 is 2.65 bits per heavy atom. The summed E-state index contributed by atoms with van der Waals surface area (Å²) >= 11 is 0. The van der Waals surface area contributed by atoms with Crippen molar-refractivity contribution in [3.05, 3.63) is 71.1 Å². The quantitative estimate of drug-likeness (QED) is 0.259. The first-order chi connectivity index (χ1) is 12.6. The number of hydrogen-bond acceptors (Lipinski definition) is 1. The lowest BCUT2D eigenvalue weighted by Crippen LogP contribution is -2.33. The van der Waals surface area contributed by atoms with E-state index in [1.807, 2.05) is 30.3 Å². The van der Waals surface area contributed by atoms with E-state index in [1.165, 1.54) is 22.1 Å². The molecule has 0 spiro atoms. The van der Waals surface area contributed by atoms with E-state index in [1.54, 1.807) is 0 Å². The summed E-state index contributed by atoms with van der Waals surface area (Å²) in [6.45, 7) is 12.1. The molecule has 0 bridgehead atoms. The smallest absolute Gasteiger partial charge is 0.249 e. The summed E-state index contributed by atoms with van der Waals surface area (Å²) in [5.74, 6) is 1.49. The first-order valence-electron chi connectivity index (χ1n) is 8.65. The molecule has 0 radical (unpaired) electrons. The summed E-state index contributed by atoms with van der Waals surface area (Å²) < 4.78 is 8.48. The van der Waals surface area contributed by atoms with Crippen LogP contribution in [0.5, 0.6) is 11.5 Å². The Bertz CT molecular complexity index is 1300. The first kappa shape index (κ1) is 14.9. The average molecular weight is 337 g/mol. The van der Waals surface area contributed by atoms with Crippen LogP contribution in [0, 0.1) is 20.4 Å². The molecule has 1 aliphatic rings. The molecule has 0 saturated carbocycles. The van der Waals surface area contributed by atoms with Gasteiger partial charge in [-0.1, -0.05) is 36.4 Å².